The van der Waals surface area contributed by atoms with E-state index in [0.29, 0.717) is 0 Å². The zero-order valence-electron chi connectivity index (χ0n) is 10.6. The summed E-state index contributed by atoms with van der Waals surface area (Å²) in [6, 6.07) is 3.21. The number of benzene rings is 1. The minimum Gasteiger partial charge on any atom is -0.493 e. The molecule has 0 bridgehead atoms. The largest absolute Gasteiger partial charge is 0.493 e. The van der Waals surface area contributed by atoms with Gasteiger partial charge in [-0.3, -0.25) is 0 Å². The zero-order valence-corrected chi connectivity index (χ0v) is 10.6. The van der Waals surface area contributed by atoms with Gasteiger partial charge in [0.25, 0.3) is 0 Å². The smallest absolute Gasteiger partial charge is 0.417 e. The second-order valence-corrected chi connectivity index (χ2v) is 3.87. The van der Waals surface area contributed by atoms with E-state index in [0.717, 1.165) is 6.07 Å². The van der Waals surface area contributed by atoms with Gasteiger partial charge in [-0.2, -0.15) is 13.2 Å². The molecule has 2 aromatic rings. The molecule has 108 valence electrons. The molecule has 0 atom stereocenters. The van der Waals surface area contributed by atoms with Gasteiger partial charge in [0, 0.05) is 11.6 Å². The van der Waals surface area contributed by atoms with Crippen LogP contribution in [0.4, 0.5) is 19.0 Å². The molecule has 1 heterocycles. The van der Waals surface area contributed by atoms with E-state index in [9.17, 15) is 13.2 Å². The van der Waals surface area contributed by atoms with Gasteiger partial charge < -0.3 is 19.7 Å². The predicted molar refractivity (Wildman–Crippen MR) is 64.5 cm³/mol. The van der Waals surface area contributed by atoms with Crippen LogP contribution in [0.1, 0.15) is 5.56 Å². The monoisotopic (exact) mass is 288 g/mol. The van der Waals surface area contributed by atoms with Crippen molar-refractivity contribution < 1.29 is 27.2 Å². The SMILES string of the molecule is COc1cc(-c2cc(N)no2)c(C(F)(F)F)cc1OC. The molecule has 8 heteroatoms. The van der Waals surface area contributed by atoms with E-state index in [4.69, 9.17) is 19.7 Å². The molecule has 0 aliphatic carbocycles. The maximum Gasteiger partial charge on any atom is 0.417 e. The number of anilines is 1. The number of nitrogens with zero attached hydrogens (tertiary/aromatic N) is 1. The number of hydrogen-bond donors (Lipinski definition) is 1. The van der Waals surface area contributed by atoms with Gasteiger partial charge in [0.15, 0.2) is 23.1 Å². The summed E-state index contributed by atoms with van der Waals surface area (Å²) in [7, 11) is 2.58. The summed E-state index contributed by atoms with van der Waals surface area (Å²) in [5.41, 5.74) is 4.21. The van der Waals surface area contributed by atoms with Crippen molar-refractivity contribution in [3.8, 4) is 22.8 Å². The molecule has 0 saturated carbocycles. The van der Waals surface area contributed by atoms with E-state index in [1.165, 1.54) is 26.4 Å². The van der Waals surface area contributed by atoms with Crippen LogP contribution in [0, 0.1) is 0 Å². The fourth-order valence-electron chi connectivity index (χ4n) is 1.73. The third-order valence-corrected chi connectivity index (χ3v) is 2.62. The first-order chi connectivity index (χ1) is 9.36. The van der Waals surface area contributed by atoms with Crippen LogP contribution in [0.15, 0.2) is 22.7 Å². The van der Waals surface area contributed by atoms with Crippen molar-refractivity contribution in [2.24, 2.45) is 0 Å². The lowest BCUT2D eigenvalue weighted by Gasteiger charge is -2.15. The molecule has 1 aromatic heterocycles. The molecule has 5 nitrogen and oxygen atoms in total. The van der Waals surface area contributed by atoms with Gasteiger partial charge in [0.2, 0.25) is 0 Å². The van der Waals surface area contributed by atoms with Crippen molar-refractivity contribution in [3.05, 3.63) is 23.8 Å². The van der Waals surface area contributed by atoms with Crippen LogP contribution in [0.5, 0.6) is 11.5 Å². The Labute approximate surface area is 112 Å². The molecular weight excluding hydrogens is 277 g/mol. The van der Waals surface area contributed by atoms with Gasteiger partial charge >= 0.3 is 6.18 Å². The Bertz CT molecular complexity index is 623. The average molecular weight is 288 g/mol. The van der Waals surface area contributed by atoms with Crippen LogP contribution >= 0.6 is 0 Å². The van der Waals surface area contributed by atoms with Crippen molar-refractivity contribution in [2.75, 3.05) is 20.0 Å². The topological polar surface area (TPSA) is 70.5 Å². The summed E-state index contributed by atoms with van der Waals surface area (Å²) >= 11 is 0. The number of nitrogen functional groups attached to an aromatic ring is 1. The first-order valence-electron chi connectivity index (χ1n) is 5.42. The number of aromatic nitrogens is 1. The van der Waals surface area contributed by atoms with Crippen molar-refractivity contribution in [1.29, 1.82) is 0 Å². The van der Waals surface area contributed by atoms with Crippen LogP contribution in [-0.2, 0) is 6.18 Å². The third kappa shape index (κ3) is 2.49. The van der Waals surface area contributed by atoms with Gasteiger partial charge in [-0.25, -0.2) is 0 Å². The molecule has 0 amide bonds. The minimum atomic E-state index is -4.59. The molecule has 0 saturated heterocycles. The second kappa shape index (κ2) is 4.95. The summed E-state index contributed by atoms with van der Waals surface area (Å²) in [4.78, 5) is 0. The number of alkyl halides is 3. The lowest BCUT2D eigenvalue weighted by atomic mass is 10.0. The van der Waals surface area contributed by atoms with Crippen molar-refractivity contribution >= 4 is 5.82 Å². The average Bonchev–Trinajstić information content (AvgIpc) is 2.82. The first-order valence-corrected chi connectivity index (χ1v) is 5.42. The molecule has 20 heavy (non-hydrogen) atoms. The Morgan fingerprint density at radius 2 is 1.70 bits per heavy atom. The number of halogens is 3. The molecule has 0 spiro atoms. The van der Waals surface area contributed by atoms with Crippen LogP contribution in [-0.4, -0.2) is 19.4 Å². The Balaban J connectivity index is 2.70. The van der Waals surface area contributed by atoms with Crippen LogP contribution in [0.2, 0.25) is 0 Å². The fraction of sp³-hybridized carbons (Fsp3) is 0.250. The van der Waals surface area contributed by atoms with E-state index >= 15 is 0 Å². The lowest BCUT2D eigenvalue weighted by Crippen LogP contribution is -2.08. The highest BCUT2D eigenvalue weighted by atomic mass is 19.4. The number of hydrogen-bond acceptors (Lipinski definition) is 5. The summed E-state index contributed by atoms with van der Waals surface area (Å²) in [5, 5.41) is 3.38. The fourth-order valence-corrected chi connectivity index (χ4v) is 1.73. The van der Waals surface area contributed by atoms with Crippen molar-refractivity contribution in [2.45, 2.75) is 6.18 Å². The molecule has 2 N–H and O–H groups in total. The lowest BCUT2D eigenvalue weighted by molar-refractivity contribution is -0.137. The minimum absolute atomic E-state index is 0.0112. The van der Waals surface area contributed by atoms with Gasteiger partial charge in [-0.05, 0) is 12.1 Å². The Morgan fingerprint density at radius 1 is 1.10 bits per heavy atom. The maximum absolute atomic E-state index is 13.1. The quantitative estimate of drug-likeness (QED) is 0.940. The first kappa shape index (κ1) is 14.0. The van der Waals surface area contributed by atoms with E-state index < -0.39 is 11.7 Å². The number of rotatable bonds is 3. The van der Waals surface area contributed by atoms with E-state index in [-0.39, 0.29) is 28.6 Å². The van der Waals surface area contributed by atoms with Gasteiger partial charge in [-0.15, -0.1) is 0 Å². The number of nitrogens with two attached hydrogens (primary N) is 1. The molecule has 0 unspecified atom stereocenters. The highest BCUT2D eigenvalue weighted by molar-refractivity contribution is 5.69. The molecule has 2 rings (SSSR count). The molecule has 0 fully saturated rings. The third-order valence-electron chi connectivity index (χ3n) is 2.62. The van der Waals surface area contributed by atoms with Gasteiger partial charge in [0.1, 0.15) is 0 Å². The van der Waals surface area contributed by atoms with Crippen LogP contribution in [0.25, 0.3) is 11.3 Å². The zero-order chi connectivity index (χ0) is 14.9. The predicted octanol–water partition coefficient (Wildman–Crippen LogP) is 2.96. The summed E-state index contributed by atoms with van der Waals surface area (Å²) in [5.74, 6) is 0.000205. The molecule has 0 aliphatic rings. The Morgan fingerprint density at radius 3 is 2.15 bits per heavy atom. The summed E-state index contributed by atoms with van der Waals surface area (Å²) < 4.78 is 54.0. The van der Waals surface area contributed by atoms with E-state index in [1.807, 2.05) is 0 Å². The summed E-state index contributed by atoms with van der Waals surface area (Å²) in [6.07, 6.45) is -4.59. The molecule has 1 aromatic carbocycles. The van der Waals surface area contributed by atoms with Gasteiger partial charge in [-0.1, -0.05) is 5.16 Å². The second-order valence-electron chi connectivity index (χ2n) is 3.87. The molecule has 0 radical (unpaired) electrons. The summed E-state index contributed by atoms with van der Waals surface area (Å²) in [6.45, 7) is 0. The van der Waals surface area contributed by atoms with E-state index in [1.54, 1.807) is 0 Å². The molecule has 0 aliphatic heterocycles. The van der Waals surface area contributed by atoms with Gasteiger partial charge in [0.05, 0.1) is 19.8 Å². The maximum atomic E-state index is 13.1. The standard InChI is InChI=1S/C12H11F3N2O3/c1-18-9-3-6(8-5-11(16)17-20-8)7(12(13,14)15)4-10(9)19-2/h3-5H,1-2H3,(H2,16,17). The van der Waals surface area contributed by atoms with Crippen molar-refractivity contribution in [3.63, 3.8) is 0 Å². The van der Waals surface area contributed by atoms with Crippen molar-refractivity contribution in [1.82, 2.24) is 5.16 Å². The normalized spacial score (nSPS) is 11.4. The Hall–Kier alpha value is -2.38. The van der Waals surface area contributed by atoms with E-state index in [2.05, 4.69) is 5.16 Å². The Kier molecular flexibility index (Phi) is 3.47. The number of ether oxygens (including phenoxy) is 2. The molecular formula is C12H11F3N2O3. The number of methoxy groups -OCH3 is 2. The highest BCUT2D eigenvalue weighted by Gasteiger charge is 2.36. The van der Waals surface area contributed by atoms with Crippen LogP contribution in [0.3, 0.4) is 0 Å². The van der Waals surface area contributed by atoms with Crippen LogP contribution < -0.4 is 15.2 Å². The highest BCUT2D eigenvalue weighted by Crippen LogP contribution is 2.43.